The Labute approximate surface area is 55.9 Å². The Bertz CT molecular complexity index is 234. The molecule has 0 aromatic carbocycles. The standard InChI is InChI=1S/C5H6F2N2O/c1-3-2-8-9(4(3)10)5(6)7/h2,5,10H,1H3. The van der Waals surface area contributed by atoms with Crippen LogP contribution in [-0.4, -0.2) is 14.9 Å². The molecule has 1 N–H and O–H groups in total. The van der Waals surface area contributed by atoms with Crippen molar-refractivity contribution in [3.8, 4) is 5.88 Å². The zero-order valence-corrected chi connectivity index (χ0v) is 5.25. The Kier molecular flexibility index (Phi) is 1.57. The van der Waals surface area contributed by atoms with Gasteiger partial charge < -0.3 is 5.11 Å². The van der Waals surface area contributed by atoms with Gasteiger partial charge in [-0.3, -0.25) is 0 Å². The number of aromatic hydroxyl groups is 1. The van der Waals surface area contributed by atoms with E-state index in [-0.39, 0.29) is 4.68 Å². The third kappa shape index (κ3) is 0.940. The van der Waals surface area contributed by atoms with Gasteiger partial charge in [0.2, 0.25) is 5.88 Å². The predicted molar refractivity (Wildman–Crippen MR) is 29.9 cm³/mol. The highest BCUT2D eigenvalue weighted by Gasteiger charge is 2.12. The van der Waals surface area contributed by atoms with E-state index in [2.05, 4.69) is 5.10 Å². The maximum atomic E-state index is 11.8. The Morgan fingerprint density at radius 2 is 2.30 bits per heavy atom. The highest BCUT2D eigenvalue weighted by atomic mass is 19.3. The number of nitrogens with zero attached hydrogens (tertiary/aromatic N) is 2. The van der Waals surface area contributed by atoms with Gasteiger partial charge in [-0.15, -0.1) is 0 Å². The molecule has 0 amide bonds. The first-order valence-corrected chi connectivity index (χ1v) is 2.64. The van der Waals surface area contributed by atoms with E-state index in [1.807, 2.05) is 0 Å². The molecule has 0 atom stereocenters. The summed E-state index contributed by atoms with van der Waals surface area (Å²) in [6.45, 7) is -1.27. The number of hydrogen-bond donors (Lipinski definition) is 1. The van der Waals surface area contributed by atoms with Gasteiger partial charge in [0, 0.05) is 5.56 Å². The average molecular weight is 148 g/mol. The summed E-state index contributed by atoms with van der Waals surface area (Å²) in [4.78, 5) is 0. The van der Waals surface area contributed by atoms with Crippen molar-refractivity contribution in [1.82, 2.24) is 9.78 Å². The van der Waals surface area contributed by atoms with Crippen molar-refractivity contribution in [2.24, 2.45) is 0 Å². The third-order valence-corrected chi connectivity index (χ3v) is 1.13. The lowest BCUT2D eigenvalue weighted by molar-refractivity contribution is 0.0480. The molecule has 1 aromatic rings. The molecule has 0 aliphatic carbocycles. The van der Waals surface area contributed by atoms with E-state index in [1.54, 1.807) is 0 Å². The molecular weight excluding hydrogens is 142 g/mol. The van der Waals surface area contributed by atoms with Crippen LogP contribution >= 0.6 is 0 Å². The van der Waals surface area contributed by atoms with E-state index in [0.29, 0.717) is 5.56 Å². The van der Waals surface area contributed by atoms with Gasteiger partial charge in [0.05, 0.1) is 6.20 Å². The van der Waals surface area contributed by atoms with Gasteiger partial charge in [-0.1, -0.05) is 0 Å². The van der Waals surface area contributed by atoms with Crippen LogP contribution in [0.3, 0.4) is 0 Å². The number of aryl methyl sites for hydroxylation is 1. The molecule has 0 bridgehead atoms. The first-order chi connectivity index (χ1) is 4.63. The van der Waals surface area contributed by atoms with Gasteiger partial charge in [-0.05, 0) is 6.92 Å². The van der Waals surface area contributed by atoms with E-state index in [1.165, 1.54) is 13.1 Å². The van der Waals surface area contributed by atoms with Crippen LogP contribution in [0.25, 0.3) is 0 Å². The van der Waals surface area contributed by atoms with Gasteiger partial charge >= 0.3 is 6.55 Å². The molecule has 0 aliphatic rings. The number of hydrogen-bond acceptors (Lipinski definition) is 2. The molecule has 0 fully saturated rings. The molecule has 1 heterocycles. The van der Waals surface area contributed by atoms with Crippen molar-refractivity contribution in [2.45, 2.75) is 13.5 Å². The fraction of sp³-hybridized carbons (Fsp3) is 0.400. The molecule has 0 aliphatic heterocycles. The van der Waals surface area contributed by atoms with Crippen molar-refractivity contribution in [3.63, 3.8) is 0 Å². The molecule has 1 aromatic heterocycles. The Hall–Kier alpha value is -1.13. The molecule has 0 saturated heterocycles. The topological polar surface area (TPSA) is 38.0 Å². The van der Waals surface area contributed by atoms with Gasteiger partial charge in [0.1, 0.15) is 0 Å². The second-order valence-electron chi connectivity index (χ2n) is 1.87. The number of aromatic nitrogens is 2. The first-order valence-electron chi connectivity index (χ1n) is 2.64. The van der Waals surface area contributed by atoms with Crippen LogP contribution in [0, 0.1) is 6.92 Å². The van der Waals surface area contributed by atoms with Crippen LogP contribution in [0.15, 0.2) is 6.20 Å². The highest BCUT2D eigenvalue weighted by molar-refractivity contribution is 5.20. The summed E-state index contributed by atoms with van der Waals surface area (Å²) in [5, 5.41) is 12.1. The molecule has 5 heteroatoms. The lowest BCUT2D eigenvalue weighted by Gasteiger charge is -1.98. The van der Waals surface area contributed by atoms with E-state index >= 15 is 0 Å². The molecule has 3 nitrogen and oxygen atoms in total. The van der Waals surface area contributed by atoms with Gasteiger partial charge in [-0.2, -0.15) is 18.6 Å². The molecule has 10 heavy (non-hydrogen) atoms. The van der Waals surface area contributed by atoms with Crippen LogP contribution in [0.1, 0.15) is 12.1 Å². The van der Waals surface area contributed by atoms with Crippen molar-refractivity contribution in [3.05, 3.63) is 11.8 Å². The van der Waals surface area contributed by atoms with Gasteiger partial charge in [-0.25, -0.2) is 0 Å². The second-order valence-corrected chi connectivity index (χ2v) is 1.87. The van der Waals surface area contributed by atoms with Crippen molar-refractivity contribution >= 4 is 0 Å². The summed E-state index contributed by atoms with van der Waals surface area (Å²) in [7, 11) is 0. The van der Waals surface area contributed by atoms with Crippen LogP contribution in [0.5, 0.6) is 5.88 Å². The zero-order valence-electron chi connectivity index (χ0n) is 5.25. The maximum absolute atomic E-state index is 11.8. The number of halogens is 2. The smallest absolute Gasteiger partial charge is 0.336 e. The lowest BCUT2D eigenvalue weighted by Crippen LogP contribution is -1.98. The molecule has 0 radical (unpaired) electrons. The summed E-state index contributed by atoms with van der Waals surface area (Å²) < 4.78 is 23.8. The molecule has 0 unspecified atom stereocenters. The molecule has 56 valence electrons. The van der Waals surface area contributed by atoms with E-state index in [9.17, 15) is 8.78 Å². The zero-order chi connectivity index (χ0) is 7.72. The monoisotopic (exact) mass is 148 g/mol. The molecule has 0 spiro atoms. The van der Waals surface area contributed by atoms with Gasteiger partial charge in [0.15, 0.2) is 0 Å². The Morgan fingerprint density at radius 3 is 2.50 bits per heavy atom. The first kappa shape index (κ1) is 6.98. The summed E-state index contributed by atoms with van der Waals surface area (Å²) in [6, 6.07) is 0. The van der Waals surface area contributed by atoms with E-state index in [0.717, 1.165) is 0 Å². The molecule has 0 saturated carbocycles. The third-order valence-electron chi connectivity index (χ3n) is 1.13. The minimum atomic E-state index is -2.77. The van der Waals surface area contributed by atoms with E-state index in [4.69, 9.17) is 5.11 Å². The lowest BCUT2D eigenvalue weighted by atomic mass is 10.4. The fourth-order valence-corrected chi connectivity index (χ4v) is 0.585. The van der Waals surface area contributed by atoms with Crippen LogP contribution < -0.4 is 0 Å². The summed E-state index contributed by atoms with van der Waals surface area (Å²) in [5.41, 5.74) is 0.348. The van der Waals surface area contributed by atoms with Crippen LogP contribution in [0.2, 0.25) is 0 Å². The Balaban J connectivity index is 3.05. The molecular formula is C5H6F2N2O. The van der Waals surface area contributed by atoms with Crippen LogP contribution in [0.4, 0.5) is 8.78 Å². The highest BCUT2D eigenvalue weighted by Crippen LogP contribution is 2.20. The fourth-order valence-electron chi connectivity index (χ4n) is 0.585. The second kappa shape index (κ2) is 2.24. The van der Waals surface area contributed by atoms with Crippen molar-refractivity contribution < 1.29 is 13.9 Å². The minimum absolute atomic E-state index is 0.259. The van der Waals surface area contributed by atoms with Crippen molar-refractivity contribution in [2.75, 3.05) is 0 Å². The SMILES string of the molecule is Cc1cnn(C(F)F)c1O. The average Bonchev–Trinajstić information content (AvgIpc) is 2.14. The predicted octanol–water partition coefficient (Wildman–Crippen LogP) is 1.29. The van der Waals surface area contributed by atoms with Crippen LogP contribution in [-0.2, 0) is 0 Å². The molecule has 1 rings (SSSR count). The minimum Gasteiger partial charge on any atom is -0.493 e. The number of rotatable bonds is 1. The Morgan fingerprint density at radius 1 is 1.70 bits per heavy atom. The normalized spacial score (nSPS) is 10.8. The van der Waals surface area contributed by atoms with Crippen molar-refractivity contribution in [1.29, 1.82) is 0 Å². The number of alkyl halides is 2. The van der Waals surface area contributed by atoms with E-state index < -0.39 is 12.4 Å². The summed E-state index contributed by atoms with van der Waals surface area (Å²) >= 11 is 0. The largest absolute Gasteiger partial charge is 0.493 e. The van der Waals surface area contributed by atoms with Gasteiger partial charge in [0.25, 0.3) is 0 Å². The summed E-state index contributed by atoms with van der Waals surface area (Å²) in [5.74, 6) is -0.477. The maximum Gasteiger partial charge on any atom is 0.336 e. The summed E-state index contributed by atoms with van der Waals surface area (Å²) in [6.07, 6.45) is 1.18. The quantitative estimate of drug-likeness (QED) is 0.651.